The molecule has 1 heterocycles. The molecule has 7 heteroatoms. The van der Waals surface area contributed by atoms with Crippen LogP contribution in [-0.2, 0) is 14.3 Å². The number of amides is 1. The first-order valence-corrected chi connectivity index (χ1v) is 8.38. The molecule has 1 N–H and O–H groups in total. The normalized spacial score (nSPS) is 12.4. The van der Waals surface area contributed by atoms with Crippen LogP contribution in [0.3, 0.4) is 0 Å². The highest BCUT2D eigenvalue weighted by Gasteiger charge is 2.18. The van der Waals surface area contributed by atoms with Gasteiger partial charge in [-0.2, -0.15) is 0 Å². The van der Waals surface area contributed by atoms with Gasteiger partial charge in [0.05, 0.1) is 5.69 Å². The lowest BCUT2D eigenvalue weighted by Gasteiger charge is -2.18. The minimum Gasteiger partial charge on any atom is -0.482 e. The van der Waals surface area contributed by atoms with Crippen LogP contribution in [0.15, 0.2) is 36.4 Å². The molecule has 0 atom stereocenters. The fraction of sp³-hybridized carbons (Fsp3) is 0.250. The molecule has 2 aromatic rings. The second-order valence-electron chi connectivity index (χ2n) is 6.17. The second-order valence-corrected chi connectivity index (χ2v) is 6.17. The summed E-state index contributed by atoms with van der Waals surface area (Å²) in [7, 11) is 0. The third-order valence-electron chi connectivity index (χ3n) is 4.13. The Kier molecular flexibility index (Phi) is 5.40. The molecule has 7 nitrogen and oxygen atoms in total. The number of anilines is 1. The third-order valence-corrected chi connectivity index (χ3v) is 4.13. The van der Waals surface area contributed by atoms with Crippen molar-refractivity contribution in [2.24, 2.45) is 0 Å². The van der Waals surface area contributed by atoms with Gasteiger partial charge in [-0.05, 0) is 55.3 Å². The number of rotatable bonds is 6. The Morgan fingerprint density at radius 3 is 2.67 bits per heavy atom. The number of hydrogen-bond acceptors (Lipinski definition) is 6. The van der Waals surface area contributed by atoms with Crippen molar-refractivity contribution in [3.8, 4) is 11.5 Å². The molecule has 0 unspecified atom stereocenters. The zero-order valence-corrected chi connectivity index (χ0v) is 15.0. The Hall–Kier alpha value is -3.35. The maximum Gasteiger partial charge on any atom is 0.344 e. The first-order chi connectivity index (χ1) is 12.9. The number of carbonyl (C=O) groups is 3. The molecular formula is C20H19NO6. The number of fused-ring (bicyclic) bond motifs is 1. The van der Waals surface area contributed by atoms with Crippen molar-refractivity contribution in [2.45, 2.75) is 13.8 Å². The molecule has 27 heavy (non-hydrogen) atoms. The van der Waals surface area contributed by atoms with Crippen molar-refractivity contribution in [2.75, 3.05) is 25.1 Å². The van der Waals surface area contributed by atoms with Gasteiger partial charge < -0.3 is 19.5 Å². The molecule has 1 aliphatic heterocycles. The van der Waals surface area contributed by atoms with E-state index in [9.17, 15) is 14.4 Å². The Bertz CT molecular complexity index is 905. The molecule has 0 aliphatic carbocycles. The molecule has 0 aromatic heterocycles. The van der Waals surface area contributed by atoms with Crippen molar-refractivity contribution in [1.82, 2.24) is 0 Å². The van der Waals surface area contributed by atoms with E-state index in [1.165, 1.54) is 6.07 Å². The Balaban J connectivity index is 1.51. The van der Waals surface area contributed by atoms with E-state index >= 15 is 0 Å². The summed E-state index contributed by atoms with van der Waals surface area (Å²) in [6.07, 6.45) is 0. The highest BCUT2D eigenvalue weighted by molar-refractivity contribution is 6.01. The molecule has 0 spiro atoms. The number of hydrogen-bond donors (Lipinski definition) is 1. The number of ketones is 1. The van der Waals surface area contributed by atoms with Crippen LogP contribution in [-0.4, -0.2) is 37.5 Å². The molecule has 0 bridgehead atoms. The number of nitrogens with one attached hydrogen (secondary N) is 1. The Labute approximate surface area is 156 Å². The molecule has 3 rings (SSSR count). The highest BCUT2D eigenvalue weighted by Crippen LogP contribution is 2.28. The molecular weight excluding hydrogens is 350 g/mol. The van der Waals surface area contributed by atoms with Crippen LogP contribution in [0.25, 0.3) is 0 Å². The maximum atomic E-state index is 12.2. The zero-order valence-electron chi connectivity index (χ0n) is 15.0. The summed E-state index contributed by atoms with van der Waals surface area (Å²) in [4.78, 5) is 35.4. The number of aryl methyl sites for hydroxylation is 2. The van der Waals surface area contributed by atoms with E-state index in [4.69, 9.17) is 14.2 Å². The van der Waals surface area contributed by atoms with E-state index in [0.717, 1.165) is 11.1 Å². The fourth-order valence-electron chi connectivity index (χ4n) is 2.47. The van der Waals surface area contributed by atoms with Gasteiger partial charge in [0, 0.05) is 5.56 Å². The minimum atomic E-state index is -0.642. The van der Waals surface area contributed by atoms with Crippen molar-refractivity contribution in [1.29, 1.82) is 0 Å². The topological polar surface area (TPSA) is 90.9 Å². The molecule has 140 valence electrons. The smallest absolute Gasteiger partial charge is 0.344 e. The summed E-state index contributed by atoms with van der Waals surface area (Å²) in [6.45, 7) is 3.17. The first-order valence-electron chi connectivity index (χ1n) is 8.38. The van der Waals surface area contributed by atoms with Gasteiger partial charge >= 0.3 is 5.97 Å². The van der Waals surface area contributed by atoms with Gasteiger partial charge in [-0.25, -0.2) is 4.79 Å². The van der Waals surface area contributed by atoms with Gasteiger partial charge in [0.1, 0.15) is 11.5 Å². The number of Topliss-reactive ketones (excluding diaryl/α,β-unsaturated/α-hetero) is 1. The molecule has 0 saturated heterocycles. The van der Waals surface area contributed by atoms with E-state index in [-0.39, 0.29) is 19.1 Å². The highest BCUT2D eigenvalue weighted by atomic mass is 16.6. The average Bonchev–Trinajstić information content (AvgIpc) is 2.66. The van der Waals surface area contributed by atoms with E-state index in [1.54, 1.807) is 18.2 Å². The number of esters is 1. The van der Waals surface area contributed by atoms with Gasteiger partial charge in [-0.1, -0.05) is 6.07 Å². The fourth-order valence-corrected chi connectivity index (χ4v) is 2.47. The summed E-state index contributed by atoms with van der Waals surface area (Å²) in [5, 5.41) is 2.62. The van der Waals surface area contributed by atoms with Crippen LogP contribution in [0.1, 0.15) is 21.5 Å². The van der Waals surface area contributed by atoms with Gasteiger partial charge in [0.25, 0.3) is 5.91 Å². The van der Waals surface area contributed by atoms with E-state index in [0.29, 0.717) is 22.7 Å². The second kappa shape index (κ2) is 7.90. The molecule has 2 aromatic carbocycles. The molecule has 1 amide bonds. The molecule has 0 fully saturated rings. The Morgan fingerprint density at radius 1 is 1.07 bits per heavy atom. The lowest BCUT2D eigenvalue weighted by atomic mass is 10.1. The summed E-state index contributed by atoms with van der Waals surface area (Å²) in [5.41, 5.74) is 2.91. The largest absolute Gasteiger partial charge is 0.482 e. The molecule has 0 radical (unpaired) electrons. The predicted molar refractivity (Wildman–Crippen MR) is 97.3 cm³/mol. The molecule has 0 saturated carbocycles. The van der Waals surface area contributed by atoms with Crippen LogP contribution in [0, 0.1) is 13.8 Å². The SMILES string of the molecule is Cc1ccc(OCC(=O)OCC(=O)c2ccc3c(c2)NC(=O)CO3)cc1C. The Morgan fingerprint density at radius 2 is 1.89 bits per heavy atom. The minimum absolute atomic E-state index is 0.0571. The van der Waals surface area contributed by atoms with Crippen molar-refractivity contribution >= 4 is 23.3 Å². The summed E-state index contributed by atoms with van der Waals surface area (Å²) < 4.78 is 15.6. The van der Waals surface area contributed by atoms with Gasteiger partial charge in [0.2, 0.25) is 0 Å². The van der Waals surface area contributed by atoms with Crippen molar-refractivity contribution in [3.05, 3.63) is 53.1 Å². The van der Waals surface area contributed by atoms with E-state index < -0.39 is 18.4 Å². The summed E-state index contributed by atoms with van der Waals surface area (Å²) >= 11 is 0. The van der Waals surface area contributed by atoms with Crippen LogP contribution < -0.4 is 14.8 Å². The quantitative estimate of drug-likeness (QED) is 0.621. The standard InChI is InChI=1S/C20H19NO6/c1-12-3-5-15(7-13(12)2)25-11-20(24)27-9-17(22)14-4-6-18-16(8-14)21-19(23)10-26-18/h3-8H,9-11H2,1-2H3,(H,21,23). The van der Waals surface area contributed by atoms with Crippen molar-refractivity contribution in [3.63, 3.8) is 0 Å². The van der Waals surface area contributed by atoms with Gasteiger partial charge in [0.15, 0.2) is 25.6 Å². The molecule has 1 aliphatic rings. The lowest BCUT2D eigenvalue weighted by molar-refractivity contribution is -0.144. The summed E-state index contributed by atoms with van der Waals surface area (Å²) in [5.74, 6) is -0.271. The van der Waals surface area contributed by atoms with E-state index in [1.807, 2.05) is 26.0 Å². The van der Waals surface area contributed by atoms with Crippen LogP contribution in [0.2, 0.25) is 0 Å². The predicted octanol–water partition coefficient (Wildman–Crippen LogP) is 2.44. The van der Waals surface area contributed by atoms with Crippen LogP contribution >= 0.6 is 0 Å². The van der Waals surface area contributed by atoms with Gasteiger partial charge in [-0.15, -0.1) is 0 Å². The maximum absolute atomic E-state index is 12.2. The average molecular weight is 369 g/mol. The van der Waals surface area contributed by atoms with Crippen molar-refractivity contribution < 1.29 is 28.6 Å². The van der Waals surface area contributed by atoms with Crippen LogP contribution in [0.5, 0.6) is 11.5 Å². The number of ether oxygens (including phenoxy) is 3. The van der Waals surface area contributed by atoms with Crippen LogP contribution in [0.4, 0.5) is 5.69 Å². The lowest BCUT2D eigenvalue weighted by Crippen LogP contribution is -2.25. The third kappa shape index (κ3) is 4.63. The van der Waals surface area contributed by atoms with E-state index in [2.05, 4.69) is 5.32 Å². The number of carbonyl (C=O) groups excluding carboxylic acids is 3. The zero-order chi connectivity index (χ0) is 19.4. The monoisotopic (exact) mass is 369 g/mol. The number of benzene rings is 2. The first kappa shape index (κ1) is 18.4. The van der Waals surface area contributed by atoms with Gasteiger partial charge in [-0.3, -0.25) is 9.59 Å². The summed E-state index contributed by atoms with van der Waals surface area (Å²) in [6, 6.07) is 10.1.